The molecule has 0 aromatic heterocycles. The molecule has 1 aromatic rings. The molecule has 1 rings (SSSR count). The minimum atomic E-state index is 0.250. The van der Waals surface area contributed by atoms with Crippen LogP contribution < -0.4 is 5.73 Å². The molecule has 0 aliphatic heterocycles. The average molecular weight is 242 g/mol. The van der Waals surface area contributed by atoms with Crippen LogP contribution in [0.2, 0.25) is 0 Å². The van der Waals surface area contributed by atoms with Gasteiger partial charge >= 0.3 is 0 Å². The van der Waals surface area contributed by atoms with E-state index < -0.39 is 0 Å². The Morgan fingerprint density at radius 1 is 1.46 bits per heavy atom. The minimum absolute atomic E-state index is 0.250. The molecule has 0 aliphatic carbocycles. The number of carbonyl (C=O) groups excluding carboxylic acids is 1. The highest BCUT2D eigenvalue weighted by molar-refractivity contribution is 9.10. The third-order valence-corrected chi connectivity index (χ3v) is 2.10. The number of halogens is 1. The van der Waals surface area contributed by atoms with Crippen LogP contribution in [0, 0.1) is 0 Å². The lowest BCUT2D eigenvalue weighted by Crippen LogP contribution is -1.82. The summed E-state index contributed by atoms with van der Waals surface area (Å²) in [5, 5.41) is 0. The molecule has 1 amide bonds. The van der Waals surface area contributed by atoms with E-state index in [1.165, 1.54) is 5.56 Å². The molecule has 3 heteroatoms. The Balaban J connectivity index is 0.000000424. The molecule has 0 heterocycles. The van der Waals surface area contributed by atoms with Gasteiger partial charge in [-0.3, -0.25) is 4.79 Å². The smallest absolute Gasteiger partial charge is 0.204 e. The number of nitrogens with two attached hydrogens (primary N) is 1. The fraction of sp³-hybridized carbons (Fsp3) is 0.100. The van der Waals surface area contributed by atoms with Gasteiger partial charge < -0.3 is 5.73 Å². The molecule has 2 N–H and O–H groups in total. The van der Waals surface area contributed by atoms with Gasteiger partial charge in [-0.2, -0.15) is 0 Å². The van der Waals surface area contributed by atoms with Gasteiger partial charge in [-0.1, -0.05) is 40.2 Å². The first-order valence-electron chi connectivity index (χ1n) is 3.76. The van der Waals surface area contributed by atoms with Crippen LogP contribution in [-0.4, -0.2) is 6.41 Å². The molecule has 13 heavy (non-hydrogen) atoms. The van der Waals surface area contributed by atoms with Crippen LogP contribution in [0.25, 0.3) is 0 Å². The zero-order chi connectivity index (χ0) is 10.1. The number of hydrogen-bond donors (Lipinski definition) is 1. The summed E-state index contributed by atoms with van der Waals surface area (Å²) < 4.78 is 1.16. The molecule has 0 radical (unpaired) electrons. The van der Waals surface area contributed by atoms with Crippen LogP contribution in [0.3, 0.4) is 0 Å². The van der Waals surface area contributed by atoms with Crippen molar-refractivity contribution >= 4 is 22.3 Å². The Morgan fingerprint density at radius 2 is 2.00 bits per heavy atom. The lowest BCUT2D eigenvalue weighted by molar-refractivity contribution is -0.106. The summed E-state index contributed by atoms with van der Waals surface area (Å²) in [5.41, 5.74) is 5.46. The molecule has 1 aromatic carbocycles. The summed E-state index contributed by atoms with van der Waals surface area (Å²) in [6.45, 7) is 3.68. The van der Waals surface area contributed by atoms with Crippen molar-refractivity contribution in [2.45, 2.75) is 6.42 Å². The molecule has 0 spiro atoms. The van der Waals surface area contributed by atoms with Crippen molar-refractivity contribution in [1.29, 1.82) is 0 Å². The lowest BCUT2D eigenvalue weighted by Gasteiger charge is -1.97. The number of amides is 1. The lowest BCUT2D eigenvalue weighted by atomic mass is 10.2. The van der Waals surface area contributed by atoms with Gasteiger partial charge in [0.25, 0.3) is 0 Å². The highest BCUT2D eigenvalue weighted by Gasteiger charge is 1.92. The number of primary amides is 1. The van der Waals surface area contributed by atoms with E-state index in [1.807, 2.05) is 24.3 Å². The molecule has 0 saturated carbocycles. The molecule has 0 aliphatic rings. The second kappa shape index (κ2) is 7.55. The van der Waals surface area contributed by atoms with Gasteiger partial charge in [0, 0.05) is 4.47 Å². The van der Waals surface area contributed by atoms with Crippen molar-refractivity contribution in [2.24, 2.45) is 5.73 Å². The second-order valence-corrected chi connectivity index (χ2v) is 3.07. The van der Waals surface area contributed by atoms with Gasteiger partial charge in [-0.25, -0.2) is 0 Å². The Kier molecular flexibility index (Phi) is 6.92. The summed E-state index contributed by atoms with van der Waals surface area (Å²) >= 11 is 3.45. The van der Waals surface area contributed by atoms with Crippen LogP contribution in [-0.2, 0) is 11.2 Å². The number of rotatable bonds is 2. The first-order valence-corrected chi connectivity index (χ1v) is 4.55. The molecule has 70 valence electrons. The molecular weight excluding hydrogens is 230 g/mol. The van der Waals surface area contributed by atoms with E-state index in [2.05, 4.69) is 34.3 Å². The summed E-state index contributed by atoms with van der Waals surface area (Å²) in [4.78, 5) is 8.58. The third kappa shape index (κ3) is 5.20. The van der Waals surface area contributed by atoms with E-state index in [4.69, 9.17) is 4.79 Å². The van der Waals surface area contributed by atoms with Crippen molar-refractivity contribution in [1.82, 2.24) is 0 Å². The van der Waals surface area contributed by atoms with Crippen molar-refractivity contribution in [3.63, 3.8) is 0 Å². The first kappa shape index (κ1) is 11.9. The van der Waals surface area contributed by atoms with Crippen LogP contribution >= 0.6 is 15.9 Å². The summed E-state index contributed by atoms with van der Waals surface area (Å²) in [6, 6.07) is 8.17. The predicted octanol–water partition coefficient (Wildman–Crippen LogP) is 2.28. The molecule has 0 unspecified atom stereocenters. The monoisotopic (exact) mass is 241 g/mol. The standard InChI is InChI=1S/C9H9Br.CH3NO/c1-2-5-8-6-3-4-7-9(8)10;2-1-3/h2-4,6-7H,1,5H2;1H,(H2,2,3). The zero-order valence-electron chi connectivity index (χ0n) is 7.24. The Hall–Kier alpha value is -1.09. The molecule has 0 atom stereocenters. The van der Waals surface area contributed by atoms with Gasteiger partial charge in [0.05, 0.1) is 0 Å². The number of carbonyl (C=O) groups is 1. The van der Waals surface area contributed by atoms with Crippen LogP contribution in [0.1, 0.15) is 5.56 Å². The van der Waals surface area contributed by atoms with Crippen molar-refractivity contribution < 1.29 is 4.79 Å². The highest BCUT2D eigenvalue weighted by Crippen LogP contribution is 2.15. The number of allylic oxidation sites excluding steroid dienone is 1. The van der Waals surface area contributed by atoms with E-state index in [9.17, 15) is 0 Å². The van der Waals surface area contributed by atoms with Crippen molar-refractivity contribution in [3.05, 3.63) is 47.0 Å². The molecular formula is C10H12BrNO. The van der Waals surface area contributed by atoms with Gasteiger partial charge in [-0.15, -0.1) is 6.58 Å². The Morgan fingerprint density at radius 3 is 2.46 bits per heavy atom. The number of benzene rings is 1. The Labute approximate surface area is 86.6 Å². The summed E-state index contributed by atoms with van der Waals surface area (Å²) in [6.07, 6.45) is 3.08. The Bertz CT molecular complexity index is 273. The van der Waals surface area contributed by atoms with Gasteiger partial charge in [0.1, 0.15) is 0 Å². The van der Waals surface area contributed by atoms with E-state index >= 15 is 0 Å². The minimum Gasteiger partial charge on any atom is -0.372 e. The maximum absolute atomic E-state index is 8.58. The SMILES string of the molecule is C=CCc1ccccc1Br.NC=O. The zero-order valence-corrected chi connectivity index (χ0v) is 8.83. The first-order chi connectivity index (χ1) is 6.26. The summed E-state index contributed by atoms with van der Waals surface area (Å²) in [5.74, 6) is 0. The predicted molar refractivity (Wildman–Crippen MR) is 58.3 cm³/mol. The van der Waals surface area contributed by atoms with Crippen molar-refractivity contribution in [3.8, 4) is 0 Å². The fourth-order valence-electron chi connectivity index (χ4n) is 0.819. The van der Waals surface area contributed by atoms with Gasteiger partial charge in [0.15, 0.2) is 0 Å². The van der Waals surface area contributed by atoms with Gasteiger partial charge in [0.2, 0.25) is 6.41 Å². The fourth-order valence-corrected chi connectivity index (χ4v) is 1.27. The largest absolute Gasteiger partial charge is 0.372 e. The van der Waals surface area contributed by atoms with E-state index in [1.54, 1.807) is 0 Å². The van der Waals surface area contributed by atoms with Gasteiger partial charge in [-0.05, 0) is 18.1 Å². The average Bonchev–Trinajstić information content (AvgIpc) is 2.11. The topological polar surface area (TPSA) is 43.1 Å². The second-order valence-electron chi connectivity index (χ2n) is 2.22. The third-order valence-electron chi connectivity index (χ3n) is 1.32. The molecule has 0 fully saturated rings. The van der Waals surface area contributed by atoms with Crippen LogP contribution in [0.15, 0.2) is 41.4 Å². The van der Waals surface area contributed by atoms with E-state index in [-0.39, 0.29) is 6.41 Å². The van der Waals surface area contributed by atoms with Crippen LogP contribution in [0.5, 0.6) is 0 Å². The van der Waals surface area contributed by atoms with Crippen LogP contribution in [0.4, 0.5) is 0 Å². The normalized spacial score (nSPS) is 8.08. The highest BCUT2D eigenvalue weighted by atomic mass is 79.9. The summed E-state index contributed by atoms with van der Waals surface area (Å²) in [7, 11) is 0. The van der Waals surface area contributed by atoms with Crippen molar-refractivity contribution in [2.75, 3.05) is 0 Å². The quantitative estimate of drug-likeness (QED) is 0.627. The molecule has 0 saturated heterocycles. The molecule has 0 bridgehead atoms. The maximum atomic E-state index is 8.58. The number of hydrogen-bond acceptors (Lipinski definition) is 1. The van der Waals surface area contributed by atoms with E-state index in [0.717, 1.165) is 10.9 Å². The molecule has 2 nitrogen and oxygen atoms in total. The van der Waals surface area contributed by atoms with E-state index in [0.29, 0.717) is 0 Å². The maximum Gasteiger partial charge on any atom is 0.204 e.